The van der Waals surface area contributed by atoms with Crippen molar-refractivity contribution in [3.05, 3.63) is 34.7 Å². The van der Waals surface area contributed by atoms with Crippen molar-refractivity contribution < 1.29 is 4.39 Å². The van der Waals surface area contributed by atoms with Crippen molar-refractivity contribution in [1.82, 2.24) is 15.3 Å². The van der Waals surface area contributed by atoms with E-state index in [4.69, 9.17) is 0 Å². The van der Waals surface area contributed by atoms with Crippen molar-refractivity contribution in [2.75, 3.05) is 0 Å². The summed E-state index contributed by atoms with van der Waals surface area (Å²) in [4.78, 5) is 10.0. The fourth-order valence-electron chi connectivity index (χ4n) is 1.85. The van der Waals surface area contributed by atoms with Crippen molar-refractivity contribution in [3.63, 3.8) is 0 Å². The summed E-state index contributed by atoms with van der Waals surface area (Å²) in [6.45, 7) is 9.33. The Labute approximate surface area is 123 Å². The van der Waals surface area contributed by atoms with E-state index in [-0.39, 0.29) is 5.82 Å². The summed E-state index contributed by atoms with van der Waals surface area (Å²) >= 11 is 1.63. The smallest absolute Gasteiger partial charge is 0.142 e. The molecule has 0 bridgehead atoms. The number of halogens is 1. The lowest BCUT2D eigenvalue weighted by molar-refractivity contribution is 0.588. The molecule has 0 atom stereocenters. The molecule has 1 N–H and O–H groups in total. The molecule has 0 fully saturated rings. The van der Waals surface area contributed by atoms with E-state index in [9.17, 15) is 4.39 Å². The minimum absolute atomic E-state index is 0.323. The summed E-state index contributed by atoms with van der Waals surface area (Å²) in [5.74, 6) is 0.0421. The van der Waals surface area contributed by atoms with Crippen LogP contribution < -0.4 is 5.32 Å². The van der Waals surface area contributed by atoms with E-state index in [0.29, 0.717) is 12.0 Å². The Morgan fingerprint density at radius 2 is 2.00 bits per heavy atom. The summed E-state index contributed by atoms with van der Waals surface area (Å²) in [6.07, 6.45) is 1.23. The van der Waals surface area contributed by atoms with Crippen molar-refractivity contribution in [1.29, 1.82) is 0 Å². The lowest BCUT2D eigenvalue weighted by Gasteiger charge is -2.09. The van der Waals surface area contributed by atoms with Crippen LogP contribution in [-0.2, 0) is 6.54 Å². The Bertz CT molecular complexity index is 561. The Hall–Kier alpha value is -1.33. The molecule has 2 heterocycles. The molecule has 3 nitrogen and oxygen atoms in total. The summed E-state index contributed by atoms with van der Waals surface area (Å²) < 4.78 is 12.9. The van der Waals surface area contributed by atoms with E-state index in [1.54, 1.807) is 17.4 Å². The lowest BCUT2D eigenvalue weighted by Crippen LogP contribution is -2.22. The highest BCUT2D eigenvalue weighted by Gasteiger charge is 2.16. The van der Waals surface area contributed by atoms with Gasteiger partial charge in [-0.3, -0.25) is 4.98 Å². The minimum atomic E-state index is -0.323. The van der Waals surface area contributed by atoms with Gasteiger partial charge >= 0.3 is 0 Å². The molecular formula is C15H20FN3S. The molecule has 0 aromatic carbocycles. The van der Waals surface area contributed by atoms with Crippen LogP contribution in [0.5, 0.6) is 0 Å². The standard InChI is InChI=1S/C15H20FN3S/c1-9(2)14-13(8-17-10(3)4)20-15(19-14)12-6-5-11(16)7-18-12/h5-7,9-10,17H,8H2,1-4H3. The second-order valence-electron chi connectivity index (χ2n) is 5.38. The number of hydrogen-bond acceptors (Lipinski definition) is 4. The first kappa shape index (κ1) is 15.1. The van der Waals surface area contributed by atoms with Crippen LogP contribution in [0, 0.1) is 5.82 Å². The van der Waals surface area contributed by atoms with Gasteiger partial charge in [0.15, 0.2) is 0 Å². The van der Waals surface area contributed by atoms with E-state index in [1.165, 1.54) is 17.1 Å². The van der Waals surface area contributed by atoms with Crippen LogP contribution in [0.3, 0.4) is 0 Å². The van der Waals surface area contributed by atoms with Gasteiger partial charge in [-0.05, 0) is 18.1 Å². The molecule has 0 radical (unpaired) electrons. The van der Waals surface area contributed by atoms with Crippen LogP contribution in [0.15, 0.2) is 18.3 Å². The largest absolute Gasteiger partial charge is 0.310 e. The normalized spacial score (nSPS) is 11.6. The highest BCUT2D eigenvalue weighted by Crippen LogP contribution is 2.30. The Balaban J connectivity index is 2.30. The number of pyridine rings is 1. The van der Waals surface area contributed by atoms with Crippen LogP contribution in [0.4, 0.5) is 4.39 Å². The first-order valence-electron chi connectivity index (χ1n) is 6.82. The summed E-state index contributed by atoms with van der Waals surface area (Å²) in [6, 6.07) is 3.53. The maximum absolute atomic E-state index is 12.9. The molecule has 0 spiro atoms. The second-order valence-corrected chi connectivity index (χ2v) is 6.46. The predicted octanol–water partition coefficient (Wildman–Crippen LogP) is 3.97. The van der Waals surface area contributed by atoms with Gasteiger partial charge in [-0.1, -0.05) is 27.7 Å². The first-order valence-corrected chi connectivity index (χ1v) is 7.64. The number of thiazole rings is 1. The van der Waals surface area contributed by atoms with Gasteiger partial charge in [0.2, 0.25) is 0 Å². The van der Waals surface area contributed by atoms with Gasteiger partial charge in [0.1, 0.15) is 10.8 Å². The lowest BCUT2D eigenvalue weighted by atomic mass is 10.1. The summed E-state index contributed by atoms with van der Waals surface area (Å²) in [5.41, 5.74) is 1.83. The molecule has 0 saturated heterocycles. The molecular weight excluding hydrogens is 273 g/mol. The molecule has 5 heteroatoms. The molecule has 2 aromatic rings. The van der Waals surface area contributed by atoms with Gasteiger partial charge in [-0.15, -0.1) is 11.3 Å². The van der Waals surface area contributed by atoms with E-state index >= 15 is 0 Å². The van der Waals surface area contributed by atoms with E-state index in [0.717, 1.165) is 22.9 Å². The molecule has 0 aliphatic heterocycles. The SMILES string of the molecule is CC(C)NCc1sc(-c2ccc(F)cn2)nc1C(C)C. The van der Waals surface area contributed by atoms with E-state index in [2.05, 4.69) is 43.0 Å². The number of nitrogens with zero attached hydrogens (tertiary/aromatic N) is 2. The zero-order valence-corrected chi connectivity index (χ0v) is 13.1. The molecule has 0 amide bonds. The van der Waals surface area contributed by atoms with Crippen LogP contribution in [0.1, 0.15) is 44.2 Å². The van der Waals surface area contributed by atoms with Gasteiger partial charge in [0.05, 0.1) is 17.6 Å². The highest BCUT2D eigenvalue weighted by molar-refractivity contribution is 7.15. The fourth-order valence-corrected chi connectivity index (χ4v) is 2.99. The monoisotopic (exact) mass is 293 g/mol. The third-order valence-electron chi connectivity index (χ3n) is 2.89. The average Bonchev–Trinajstić information content (AvgIpc) is 2.81. The zero-order valence-electron chi connectivity index (χ0n) is 12.3. The van der Waals surface area contributed by atoms with Gasteiger partial charge in [-0.25, -0.2) is 9.37 Å². The van der Waals surface area contributed by atoms with Crippen molar-refractivity contribution >= 4 is 11.3 Å². The quantitative estimate of drug-likeness (QED) is 0.906. The van der Waals surface area contributed by atoms with Crippen molar-refractivity contribution in [2.24, 2.45) is 0 Å². The highest BCUT2D eigenvalue weighted by atomic mass is 32.1. The topological polar surface area (TPSA) is 37.8 Å². The van der Waals surface area contributed by atoms with Crippen LogP contribution >= 0.6 is 11.3 Å². The summed E-state index contributed by atoms with van der Waals surface area (Å²) in [5, 5.41) is 4.28. The first-order chi connectivity index (χ1) is 9.47. The maximum Gasteiger partial charge on any atom is 0.142 e. The minimum Gasteiger partial charge on any atom is -0.310 e. The Morgan fingerprint density at radius 3 is 2.55 bits per heavy atom. The number of aromatic nitrogens is 2. The fraction of sp³-hybridized carbons (Fsp3) is 0.467. The molecule has 20 heavy (non-hydrogen) atoms. The van der Waals surface area contributed by atoms with Gasteiger partial charge in [-0.2, -0.15) is 0 Å². The van der Waals surface area contributed by atoms with E-state index in [1.807, 2.05) is 0 Å². The van der Waals surface area contributed by atoms with Gasteiger partial charge < -0.3 is 5.32 Å². The third-order valence-corrected chi connectivity index (χ3v) is 3.99. The molecule has 108 valence electrons. The van der Waals surface area contributed by atoms with Crippen LogP contribution in [-0.4, -0.2) is 16.0 Å². The average molecular weight is 293 g/mol. The zero-order chi connectivity index (χ0) is 14.7. The molecule has 0 saturated carbocycles. The van der Waals surface area contributed by atoms with Crippen LogP contribution in [0.2, 0.25) is 0 Å². The molecule has 2 rings (SSSR count). The molecule has 0 aliphatic carbocycles. The number of rotatable bonds is 5. The summed E-state index contributed by atoms with van der Waals surface area (Å²) in [7, 11) is 0. The molecule has 0 aliphatic rings. The van der Waals surface area contributed by atoms with Crippen molar-refractivity contribution in [3.8, 4) is 10.7 Å². The Morgan fingerprint density at radius 1 is 1.25 bits per heavy atom. The second kappa shape index (κ2) is 6.41. The predicted molar refractivity (Wildman–Crippen MR) is 81.4 cm³/mol. The number of nitrogens with one attached hydrogen (secondary N) is 1. The van der Waals surface area contributed by atoms with Gasteiger partial charge in [0.25, 0.3) is 0 Å². The third kappa shape index (κ3) is 3.61. The van der Waals surface area contributed by atoms with Crippen LogP contribution in [0.25, 0.3) is 10.7 Å². The molecule has 2 aromatic heterocycles. The maximum atomic E-state index is 12.9. The number of hydrogen-bond donors (Lipinski definition) is 1. The van der Waals surface area contributed by atoms with E-state index < -0.39 is 0 Å². The Kier molecular flexibility index (Phi) is 4.83. The van der Waals surface area contributed by atoms with Gasteiger partial charge in [0, 0.05) is 17.5 Å². The molecule has 0 unspecified atom stereocenters. The van der Waals surface area contributed by atoms with Crippen molar-refractivity contribution in [2.45, 2.75) is 46.2 Å².